The van der Waals surface area contributed by atoms with Crippen molar-refractivity contribution in [2.75, 3.05) is 16.8 Å². The van der Waals surface area contributed by atoms with Crippen molar-refractivity contribution in [2.45, 2.75) is 27.3 Å². The zero-order valence-electron chi connectivity index (χ0n) is 13.4. The van der Waals surface area contributed by atoms with Gasteiger partial charge in [0.05, 0.1) is 23.8 Å². The van der Waals surface area contributed by atoms with E-state index in [1.165, 1.54) is 16.7 Å². The number of hydrogen-bond acceptors (Lipinski definition) is 2. The number of carbonyl (C=O) groups excluding carboxylic acids is 1. The van der Waals surface area contributed by atoms with E-state index in [0.717, 1.165) is 11.4 Å². The highest BCUT2D eigenvalue weighted by Crippen LogP contribution is 2.31. The predicted molar refractivity (Wildman–Crippen MR) is 91.2 cm³/mol. The number of amides is 1. The van der Waals surface area contributed by atoms with Crippen LogP contribution in [0.3, 0.4) is 0 Å². The lowest BCUT2D eigenvalue weighted by Gasteiger charge is -2.25. The van der Waals surface area contributed by atoms with Crippen molar-refractivity contribution < 1.29 is 4.79 Å². The lowest BCUT2D eigenvalue weighted by atomic mass is 10.0. The SMILES string of the molecule is Cc1ccc(C)c(CN2C(=O)C(C)CNc3ccccc32)c1. The second-order valence-corrected chi connectivity index (χ2v) is 6.15. The second kappa shape index (κ2) is 5.84. The molecule has 0 aliphatic carbocycles. The summed E-state index contributed by atoms with van der Waals surface area (Å²) >= 11 is 0. The Balaban J connectivity index is 2.02. The van der Waals surface area contributed by atoms with Crippen LogP contribution in [0.5, 0.6) is 0 Å². The highest BCUT2D eigenvalue weighted by molar-refractivity contribution is 5.99. The minimum atomic E-state index is -0.0301. The molecule has 1 amide bonds. The van der Waals surface area contributed by atoms with Gasteiger partial charge in [-0.05, 0) is 37.1 Å². The maximum atomic E-state index is 12.8. The molecule has 0 radical (unpaired) electrons. The van der Waals surface area contributed by atoms with E-state index in [2.05, 4.69) is 37.4 Å². The van der Waals surface area contributed by atoms with Gasteiger partial charge in [0.15, 0.2) is 0 Å². The molecule has 0 saturated carbocycles. The fraction of sp³-hybridized carbons (Fsp3) is 0.316. The van der Waals surface area contributed by atoms with Crippen molar-refractivity contribution in [3.8, 4) is 0 Å². The quantitative estimate of drug-likeness (QED) is 0.911. The van der Waals surface area contributed by atoms with E-state index in [1.54, 1.807) is 0 Å². The predicted octanol–water partition coefficient (Wildman–Crippen LogP) is 3.90. The van der Waals surface area contributed by atoms with Crippen LogP contribution in [-0.4, -0.2) is 12.5 Å². The maximum absolute atomic E-state index is 12.8. The Labute approximate surface area is 132 Å². The lowest BCUT2D eigenvalue weighted by molar-refractivity contribution is -0.121. The minimum Gasteiger partial charge on any atom is -0.383 e. The van der Waals surface area contributed by atoms with Gasteiger partial charge in [-0.25, -0.2) is 0 Å². The third-order valence-corrected chi connectivity index (χ3v) is 4.31. The van der Waals surface area contributed by atoms with Gasteiger partial charge in [-0.1, -0.05) is 42.8 Å². The number of carbonyl (C=O) groups is 1. The van der Waals surface area contributed by atoms with Crippen LogP contribution >= 0.6 is 0 Å². The van der Waals surface area contributed by atoms with Crippen molar-refractivity contribution in [1.29, 1.82) is 0 Å². The number of aryl methyl sites for hydroxylation is 2. The van der Waals surface area contributed by atoms with E-state index in [4.69, 9.17) is 0 Å². The van der Waals surface area contributed by atoms with Crippen LogP contribution in [0.1, 0.15) is 23.6 Å². The van der Waals surface area contributed by atoms with E-state index < -0.39 is 0 Å². The van der Waals surface area contributed by atoms with Gasteiger partial charge in [-0.3, -0.25) is 4.79 Å². The first-order chi connectivity index (χ1) is 10.6. The summed E-state index contributed by atoms with van der Waals surface area (Å²) in [5, 5.41) is 3.38. The lowest BCUT2D eigenvalue weighted by Crippen LogP contribution is -2.35. The molecule has 3 nitrogen and oxygen atoms in total. The second-order valence-electron chi connectivity index (χ2n) is 6.15. The molecule has 1 aliphatic heterocycles. The molecule has 0 spiro atoms. The van der Waals surface area contributed by atoms with Gasteiger partial charge in [0, 0.05) is 6.54 Å². The summed E-state index contributed by atoms with van der Waals surface area (Å²) in [6.07, 6.45) is 0. The first kappa shape index (κ1) is 14.6. The Bertz CT molecular complexity index is 708. The van der Waals surface area contributed by atoms with E-state index in [-0.39, 0.29) is 11.8 Å². The Morgan fingerprint density at radius 3 is 2.77 bits per heavy atom. The van der Waals surface area contributed by atoms with Crippen molar-refractivity contribution >= 4 is 17.3 Å². The highest BCUT2D eigenvalue weighted by Gasteiger charge is 2.27. The summed E-state index contributed by atoms with van der Waals surface area (Å²) in [6.45, 7) is 7.47. The Kier molecular flexibility index (Phi) is 3.88. The largest absolute Gasteiger partial charge is 0.383 e. The normalized spacial score (nSPS) is 17.7. The Morgan fingerprint density at radius 2 is 1.95 bits per heavy atom. The first-order valence-electron chi connectivity index (χ1n) is 7.76. The standard InChI is InChI=1S/C19H22N2O/c1-13-8-9-14(2)16(10-13)12-21-18-7-5-4-6-17(18)20-11-15(3)19(21)22/h4-10,15,20H,11-12H2,1-3H3. The third-order valence-electron chi connectivity index (χ3n) is 4.31. The first-order valence-corrected chi connectivity index (χ1v) is 7.76. The number of hydrogen-bond donors (Lipinski definition) is 1. The Morgan fingerprint density at radius 1 is 1.18 bits per heavy atom. The monoisotopic (exact) mass is 294 g/mol. The zero-order valence-corrected chi connectivity index (χ0v) is 13.4. The molecule has 1 atom stereocenters. The molecule has 0 bridgehead atoms. The fourth-order valence-electron chi connectivity index (χ4n) is 2.90. The van der Waals surface area contributed by atoms with Gasteiger partial charge in [0.2, 0.25) is 5.91 Å². The van der Waals surface area contributed by atoms with Gasteiger partial charge in [0.1, 0.15) is 0 Å². The molecule has 1 aliphatic rings. The van der Waals surface area contributed by atoms with Crippen molar-refractivity contribution in [1.82, 2.24) is 0 Å². The third kappa shape index (κ3) is 2.71. The molecule has 0 aromatic heterocycles. The molecule has 3 rings (SSSR count). The van der Waals surface area contributed by atoms with E-state index in [1.807, 2.05) is 36.1 Å². The molecule has 22 heavy (non-hydrogen) atoms. The van der Waals surface area contributed by atoms with Crippen LogP contribution in [0.2, 0.25) is 0 Å². The van der Waals surface area contributed by atoms with Crippen LogP contribution in [0.25, 0.3) is 0 Å². The summed E-state index contributed by atoms with van der Waals surface area (Å²) in [6, 6.07) is 14.5. The molecular weight excluding hydrogens is 272 g/mol. The van der Waals surface area contributed by atoms with Crippen LogP contribution in [-0.2, 0) is 11.3 Å². The summed E-state index contributed by atoms with van der Waals surface area (Å²) in [7, 11) is 0. The average molecular weight is 294 g/mol. The molecule has 114 valence electrons. The molecular formula is C19H22N2O. The number of fused-ring (bicyclic) bond motifs is 1. The summed E-state index contributed by atoms with van der Waals surface area (Å²) < 4.78 is 0. The van der Waals surface area contributed by atoms with Crippen LogP contribution < -0.4 is 10.2 Å². The van der Waals surface area contributed by atoms with Crippen LogP contribution in [0.15, 0.2) is 42.5 Å². The summed E-state index contributed by atoms with van der Waals surface area (Å²) in [4.78, 5) is 14.7. The van der Waals surface area contributed by atoms with E-state index >= 15 is 0 Å². The number of para-hydroxylation sites is 2. The molecule has 3 heteroatoms. The summed E-state index contributed by atoms with van der Waals surface area (Å²) in [5.74, 6) is 0.149. The number of rotatable bonds is 2. The molecule has 1 heterocycles. The number of benzene rings is 2. The highest BCUT2D eigenvalue weighted by atomic mass is 16.2. The van der Waals surface area contributed by atoms with Gasteiger partial charge in [-0.15, -0.1) is 0 Å². The van der Waals surface area contributed by atoms with Crippen molar-refractivity contribution in [3.63, 3.8) is 0 Å². The van der Waals surface area contributed by atoms with Gasteiger partial charge in [-0.2, -0.15) is 0 Å². The van der Waals surface area contributed by atoms with Crippen molar-refractivity contribution in [2.24, 2.45) is 5.92 Å². The maximum Gasteiger partial charge on any atom is 0.231 e. The van der Waals surface area contributed by atoms with E-state index in [9.17, 15) is 4.79 Å². The molecule has 0 saturated heterocycles. The Hall–Kier alpha value is -2.29. The zero-order chi connectivity index (χ0) is 15.7. The topological polar surface area (TPSA) is 32.3 Å². The van der Waals surface area contributed by atoms with Gasteiger partial charge >= 0.3 is 0 Å². The summed E-state index contributed by atoms with van der Waals surface area (Å²) in [5.41, 5.74) is 5.66. The van der Waals surface area contributed by atoms with Crippen LogP contribution in [0, 0.1) is 19.8 Å². The van der Waals surface area contributed by atoms with Crippen molar-refractivity contribution in [3.05, 3.63) is 59.2 Å². The van der Waals surface area contributed by atoms with Gasteiger partial charge in [0.25, 0.3) is 0 Å². The van der Waals surface area contributed by atoms with Crippen LogP contribution in [0.4, 0.5) is 11.4 Å². The number of anilines is 2. The fourth-order valence-corrected chi connectivity index (χ4v) is 2.90. The van der Waals surface area contributed by atoms with E-state index in [0.29, 0.717) is 13.1 Å². The van der Waals surface area contributed by atoms with Gasteiger partial charge < -0.3 is 10.2 Å². The minimum absolute atomic E-state index is 0.0301. The number of nitrogens with one attached hydrogen (secondary N) is 1. The smallest absolute Gasteiger partial charge is 0.231 e. The molecule has 2 aromatic rings. The number of nitrogens with zero attached hydrogens (tertiary/aromatic N) is 1. The molecule has 2 aromatic carbocycles. The average Bonchev–Trinajstić information content (AvgIpc) is 2.63. The molecule has 0 fully saturated rings. The molecule has 1 unspecified atom stereocenters. The molecule has 1 N–H and O–H groups in total.